The van der Waals surface area contributed by atoms with Gasteiger partial charge >= 0.3 is 0 Å². The first kappa shape index (κ1) is 7.72. The lowest BCUT2D eigenvalue weighted by molar-refractivity contribution is 0.0996. The van der Waals surface area contributed by atoms with Crippen LogP contribution in [0, 0.1) is 5.82 Å². The first-order valence-corrected chi connectivity index (χ1v) is 3.61. The van der Waals surface area contributed by atoms with Crippen LogP contribution in [0.15, 0.2) is 18.5 Å². The molecule has 0 fully saturated rings. The molecule has 0 atom stereocenters. The van der Waals surface area contributed by atoms with Crippen LogP contribution in [0.5, 0.6) is 0 Å². The number of rotatable bonds is 1. The number of carbonyl (C=O) groups excluding carboxylic acids is 1. The van der Waals surface area contributed by atoms with Crippen LogP contribution < -0.4 is 5.73 Å². The molecule has 0 bridgehead atoms. The van der Waals surface area contributed by atoms with E-state index in [1.807, 2.05) is 0 Å². The molecular weight excluding hydrogens is 173 g/mol. The molecule has 4 nitrogen and oxygen atoms in total. The highest BCUT2D eigenvalue weighted by atomic mass is 19.1. The zero-order valence-corrected chi connectivity index (χ0v) is 6.54. The molecule has 3 N–H and O–H groups in total. The third-order valence-corrected chi connectivity index (χ3v) is 1.77. The number of carbonyl (C=O) groups is 1. The van der Waals surface area contributed by atoms with Gasteiger partial charge in [0, 0.05) is 6.07 Å². The molecule has 5 heteroatoms. The van der Waals surface area contributed by atoms with Crippen LogP contribution in [0.25, 0.3) is 11.0 Å². The Balaban J connectivity index is 2.76. The predicted molar refractivity (Wildman–Crippen MR) is 44.6 cm³/mol. The van der Waals surface area contributed by atoms with Crippen molar-refractivity contribution in [2.24, 2.45) is 5.73 Å². The van der Waals surface area contributed by atoms with Crippen LogP contribution in [0.1, 0.15) is 10.4 Å². The van der Waals surface area contributed by atoms with Gasteiger partial charge in [0.05, 0.1) is 22.9 Å². The molecule has 1 amide bonds. The zero-order chi connectivity index (χ0) is 9.42. The molecular formula is C8H6FN3O. The molecule has 2 aromatic rings. The van der Waals surface area contributed by atoms with E-state index in [-0.39, 0.29) is 5.56 Å². The number of primary amides is 1. The maximum Gasteiger partial charge on any atom is 0.251 e. The van der Waals surface area contributed by atoms with Crippen molar-refractivity contribution in [2.75, 3.05) is 0 Å². The third kappa shape index (κ3) is 1.14. The number of fused-ring (bicyclic) bond motifs is 1. The molecule has 0 unspecified atom stereocenters. The second-order valence-electron chi connectivity index (χ2n) is 2.62. The number of aromatic amines is 1. The lowest BCUT2D eigenvalue weighted by Crippen LogP contribution is -2.12. The van der Waals surface area contributed by atoms with Crippen molar-refractivity contribution in [1.82, 2.24) is 9.97 Å². The Kier molecular flexibility index (Phi) is 1.51. The number of imidazole rings is 1. The van der Waals surface area contributed by atoms with Gasteiger partial charge in [-0.3, -0.25) is 4.79 Å². The van der Waals surface area contributed by atoms with Crippen LogP contribution in [0.4, 0.5) is 4.39 Å². The molecule has 1 aromatic carbocycles. The van der Waals surface area contributed by atoms with Gasteiger partial charge in [-0.2, -0.15) is 0 Å². The van der Waals surface area contributed by atoms with E-state index in [4.69, 9.17) is 5.73 Å². The van der Waals surface area contributed by atoms with E-state index >= 15 is 0 Å². The van der Waals surface area contributed by atoms with Gasteiger partial charge in [0.1, 0.15) is 5.82 Å². The van der Waals surface area contributed by atoms with Crippen molar-refractivity contribution < 1.29 is 9.18 Å². The topological polar surface area (TPSA) is 71.8 Å². The number of nitrogens with one attached hydrogen (secondary N) is 1. The number of hydrogen-bond donors (Lipinski definition) is 2. The second-order valence-corrected chi connectivity index (χ2v) is 2.62. The normalized spacial score (nSPS) is 10.5. The molecule has 0 aliphatic carbocycles. The fraction of sp³-hybridized carbons (Fsp3) is 0. The number of H-pyrrole nitrogens is 1. The summed E-state index contributed by atoms with van der Waals surface area (Å²) in [5, 5.41) is 0. The van der Waals surface area contributed by atoms with Crippen molar-refractivity contribution in [3.8, 4) is 0 Å². The van der Waals surface area contributed by atoms with Gasteiger partial charge in [-0.1, -0.05) is 0 Å². The number of benzene rings is 1. The van der Waals surface area contributed by atoms with Gasteiger partial charge in [0.2, 0.25) is 0 Å². The Morgan fingerprint density at radius 1 is 1.54 bits per heavy atom. The summed E-state index contributed by atoms with van der Waals surface area (Å²) < 4.78 is 13.1. The highest BCUT2D eigenvalue weighted by molar-refractivity contribution is 5.96. The summed E-state index contributed by atoms with van der Waals surface area (Å²) in [6.07, 6.45) is 1.43. The molecule has 0 saturated carbocycles. The van der Waals surface area contributed by atoms with Crippen LogP contribution in [0.3, 0.4) is 0 Å². The molecule has 1 aromatic heterocycles. The molecule has 0 saturated heterocycles. The van der Waals surface area contributed by atoms with E-state index in [2.05, 4.69) is 9.97 Å². The van der Waals surface area contributed by atoms with E-state index in [1.165, 1.54) is 18.5 Å². The first-order valence-electron chi connectivity index (χ1n) is 3.61. The first-order chi connectivity index (χ1) is 6.18. The monoisotopic (exact) mass is 179 g/mol. The fourth-order valence-corrected chi connectivity index (χ4v) is 1.14. The Hall–Kier alpha value is -1.91. The molecule has 13 heavy (non-hydrogen) atoms. The summed E-state index contributed by atoms with van der Waals surface area (Å²) in [4.78, 5) is 17.3. The Morgan fingerprint density at radius 2 is 2.31 bits per heavy atom. The number of aromatic nitrogens is 2. The van der Waals surface area contributed by atoms with Gasteiger partial charge in [0.25, 0.3) is 5.91 Å². The third-order valence-electron chi connectivity index (χ3n) is 1.77. The summed E-state index contributed by atoms with van der Waals surface area (Å²) in [7, 11) is 0. The maximum absolute atomic E-state index is 13.1. The van der Waals surface area contributed by atoms with Gasteiger partial charge in [-0.15, -0.1) is 0 Å². The number of hydrogen-bond acceptors (Lipinski definition) is 2. The van der Waals surface area contributed by atoms with E-state index < -0.39 is 11.7 Å². The lowest BCUT2D eigenvalue weighted by Gasteiger charge is -1.96. The summed E-state index contributed by atoms with van der Waals surface area (Å²) in [6, 6.07) is 2.52. The van der Waals surface area contributed by atoms with Crippen molar-refractivity contribution in [2.45, 2.75) is 0 Å². The van der Waals surface area contributed by atoms with Crippen molar-refractivity contribution >= 4 is 16.9 Å². The second kappa shape index (κ2) is 2.55. The van der Waals surface area contributed by atoms with E-state index in [0.29, 0.717) is 11.0 Å². The van der Waals surface area contributed by atoms with Crippen molar-refractivity contribution in [1.29, 1.82) is 0 Å². The maximum atomic E-state index is 13.1. The standard InChI is InChI=1S/C8H6FN3O/c9-5-2-7-6(11-3-12-7)1-4(5)8(10)13/h1-3H,(H2,10,13)(H,11,12). The van der Waals surface area contributed by atoms with Crippen LogP contribution in [-0.2, 0) is 0 Å². The Bertz CT molecular complexity index is 477. The molecule has 66 valence electrons. The SMILES string of the molecule is NC(=O)c1cc2nc[nH]c2cc1F. The van der Waals surface area contributed by atoms with E-state index in [9.17, 15) is 9.18 Å². The van der Waals surface area contributed by atoms with Crippen molar-refractivity contribution in [3.05, 3.63) is 29.8 Å². The molecule has 0 radical (unpaired) electrons. The average Bonchev–Trinajstić information content (AvgIpc) is 2.48. The highest BCUT2D eigenvalue weighted by Crippen LogP contribution is 2.15. The number of amides is 1. The highest BCUT2D eigenvalue weighted by Gasteiger charge is 2.10. The molecule has 2 rings (SSSR count). The largest absolute Gasteiger partial charge is 0.366 e. The molecule has 0 aliphatic rings. The van der Waals surface area contributed by atoms with Gasteiger partial charge < -0.3 is 10.7 Å². The molecule has 1 heterocycles. The van der Waals surface area contributed by atoms with Crippen LogP contribution >= 0.6 is 0 Å². The van der Waals surface area contributed by atoms with Crippen LogP contribution in [0.2, 0.25) is 0 Å². The minimum Gasteiger partial charge on any atom is -0.366 e. The summed E-state index contributed by atoms with van der Waals surface area (Å²) in [5.74, 6) is -1.42. The quantitative estimate of drug-likeness (QED) is 0.679. The van der Waals surface area contributed by atoms with Gasteiger partial charge in [-0.05, 0) is 6.07 Å². The molecule has 0 spiro atoms. The van der Waals surface area contributed by atoms with Crippen molar-refractivity contribution in [3.63, 3.8) is 0 Å². The average molecular weight is 179 g/mol. The lowest BCUT2D eigenvalue weighted by atomic mass is 10.2. The van der Waals surface area contributed by atoms with Crippen LogP contribution in [-0.4, -0.2) is 15.9 Å². The minimum absolute atomic E-state index is 0.139. The summed E-state index contributed by atoms with van der Waals surface area (Å²) in [6.45, 7) is 0. The smallest absolute Gasteiger partial charge is 0.251 e. The van der Waals surface area contributed by atoms with Gasteiger partial charge in [-0.25, -0.2) is 9.37 Å². The number of halogens is 1. The summed E-state index contributed by atoms with van der Waals surface area (Å²) >= 11 is 0. The van der Waals surface area contributed by atoms with E-state index in [1.54, 1.807) is 0 Å². The van der Waals surface area contributed by atoms with Gasteiger partial charge in [0.15, 0.2) is 0 Å². The fourth-order valence-electron chi connectivity index (χ4n) is 1.14. The number of nitrogens with zero attached hydrogens (tertiary/aromatic N) is 1. The Labute approximate surface area is 72.6 Å². The minimum atomic E-state index is -0.789. The summed E-state index contributed by atoms with van der Waals surface area (Å²) in [5.41, 5.74) is 5.89. The molecule has 0 aliphatic heterocycles. The number of nitrogens with two attached hydrogens (primary N) is 1. The zero-order valence-electron chi connectivity index (χ0n) is 6.54. The van der Waals surface area contributed by atoms with E-state index in [0.717, 1.165) is 0 Å². The Morgan fingerprint density at radius 3 is 3.00 bits per heavy atom. The predicted octanol–water partition coefficient (Wildman–Crippen LogP) is 0.801.